The number of carbonyl (C=O) groups is 2. The number of amides is 3. The lowest BCUT2D eigenvalue weighted by atomic mass is 9.53. The van der Waals surface area contributed by atoms with Crippen LogP contribution in [0.4, 0.5) is 10.5 Å². The molecule has 3 amide bonds. The van der Waals surface area contributed by atoms with Gasteiger partial charge in [0.15, 0.2) is 0 Å². The fraction of sp³-hybridized carbons (Fsp3) is 0.600. The van der Waals surface area contributed by atoms with E-state index < -0.39 is 0 Å². The molecule has 1 aromatic carbocycles. The van der Waals surface area contributed by atoms with Crippen molar-refractivity contribution in [3.63, 3.8) is 0 Å². The van der Waals surface area contributed by atoms with E-state index in [1.54, 1.807) is 11.8 Å². The van der Waals surface area contributed by atoms with Crippen LogP contribution in [-0.4, -0.2) is 30.3 Å². The molecule has 0 aromatic heterocycles. The number of urea groups is 1. The van der Waals surface area contributed by atoms with E-state index in [4.69, 9.17) is 0 Å². The molecule has 0 aliphatic heterocycles. The average molecular weight is 374 g/mol. The van der Waals surface area contributed by atoms with Crippen molar-refractivity contribution in [2.24, 2.45) is 17.8 Å². The van der Waals surface area contributed by atoms with Crippen LogP contribution < -0.4 is 16.0 Å². The fourth-order valence-corrected chi connectivity index (χ4v) is 6.25. The maximum Gasteiger partial charge on any atom is 0.321 e. The second kappa shape index (κ2) is 7.14. The van der Waals surface area contributed by atoms with E-state index in [-0.39, 0.29) is 24.0 Å². The van der Waals surface area contributed by atoms with Crippen LogP contribution in [0.15, 0.2) is 29.2 Å². The first-order valence-corrected chi connectivity index (χ1v) is 10.8. The third-order valence-electron chi connectivity index (χ3n) is 6.22. The quantitative estimate of drug-likeness (QED) is 0.690. The number of para-hydroxylation sites is 1. The van der Waals surface area contributed by atoms with E-state index in [0.717, 1.165) is 47.6 Å². The van der Waals surface area contributed by atoms with Gasteiger partial charge in [0, 0.05) is 16.1 Å². The van der Waals surface area contributed by atoms with Crippen molar-refractivity contribution >= 4 is 29.4 Å². The molecule has 4 saturated carbocycles. The summed E-state index contributed by atoms with van der Waals surface area (Å²) in [6.07, 6.45) is 9.25. The lowest BCUT2D eigenvalue weighted by molar-refractivity contribution is -0.118. The van der Waals surface area contributed by atoms with Gasteiger partial charge in [-0.3, -0.25) is 10.1 Å². The second-order valence-corrected chi connectivity index (χ2v) is 9.10. The van der Waals surface area contributed by atoms with Gasteiger partial charge in [-0.2, -0.15) is 0 Å². The highest BCUT2D eigenvalue weighted by molar-refractivity contribution is 7.98. The predicted molar refractivity (Wildman–Crippen MR) is 104 cm³/mol. The summed E-state index contributed by atoms with van der Waals surface area (Å²) < 4.78 is 0. The summed E-state index contributed by atoms with van der Waals surface area (Å²) >= 11 is 1.62. The average Bonchev–Trinajstić information content (AvgIpc) is 2.58. The normalized spacial score (nSPS) is 31.5. The van der Waals surface area contributed by atoms with Gasteiger partial charge in [-0.05, 0) is 74.7 Å². The SMILES string of the molecule is CSc1ccccc1NCC(=O)NC(=O)NC12CC3CC(CC(C3)C1)C2. The molecular weight excluding hydrogens is 346 g/mol. The molecule has 1 aromatic rings. The lowest BCUT2D eigenvalue weighted by Gasteiger charge is -2.56. The van der Waals surface area contributed by atoms with E-state index in [2.05, 4.69) is 16.0 Å². The van der Waals surface area contributed by atoms with Crippen LogP contribution in [0.5, 0.6) is 0 Å². The molecule has 0 unspecified atom stereocenters. The molecule has 6 heteroatoms. The minimum absolute atomic E-state index is 0.0714. The third kappa shape index (κ3) is 3.70. The number of hydrogen-bond donors (Lipinski definition) is 3. The minimum atomic E-state index is -0.336. The Morgan fingerprint density at radius 3 is 2.31 bits per heavy atom. The van der Waals surface area contributed by atoms with Crippen LogP contribution in [0.2, 0.25) is 0 Å². The van der Waals surface area contributed by atoms with Crippen molar-refractivity contribution in [3.05, 3.63) is 24.3 Å². The van der Waals surface area contributed by atoms with Gasteiger partial charge < -0.3 is 10.6 Å². The topological polar surface area (TPSA) is 70.2 Å². The van der Waals surface area contributed by atoms with E-state index in [1.165, 1.54) is 19.3 Å². The van der Waals surface area contributed by atoms with Gasteiger partial charge >= 0.3 is 6.03 Å². The van der Waals surface area contributed by atoms with Crippen molar-refractivity contribution in [1.82, 2.24) is 10.6 Å². The largest absolute Gasteiger partial charge is 0.375 e. The monoisotopic (exact) mass is 373 g/mol. The maximum atomic E-state index is 12.4. The van der Waals surface area contributed by atoms with Gasteiger partial charge in [0.25, 0.3) is 0 Å². The lowest BCUT2D eigenvalue weighted by Crippen LogP contribution is -2.62. The first kappa shape index (κ1) is 17.7. The zero-order chi connectivity index (χ0) is 18.1. The number of imide groups is 1. The molecule has 0 atom stereocenters. The molecule has 5 nitrogen and oxygen atoms in total. The van der Waals surface area contributed by atoms with Crippen molar-refractivity contribution in [1.29, 1.82) is 0 Å². The number of benzene rings is 1. The van der Waals surface area contributed by atoms with Gasteiger partial charge in [-0.25, -0.2) is 4.79 Å². The number of rotatable bonds is 5. The van der Waals surface area contributed by atoms with E-state index in [9.17, 15) is 9.59 Å². The second-order valence-electron chi connectivity index (χ2n) is 8.25. The summed E-state index contributed by atoms with van der Waals surface area (Å²) in [5, 5.41) is 8.79. The Morgan fingerprint density at radius 2 is 1.69 bits per heavy atom. The number of carbonyl (C=O) groups excluding carboxylic acids is 2. The number of nitrogens with one attached hydrogen (secondary N) is 3. The molecule has 4 fully saturated rings. The minimum Gasteiger partial charge on any atom is -0.375 e. The number of thioether (sulfide) groups is 1. The molecule has 140 valence electrons. The van der Waals surface area contributed by atoms with Crippen molar-refractivity contribution in [3.8, 4) is 0 Å². The first-order valence-electron chi connectivity index (χ1n) is 9.54. The van der Waals surface area contributed by atoms with Crippen LogP contribution in [0, 0.1) is 17.8 Å². The summed E-state index contributed by atoms with van der Waals surface area (Å²) in [6.45, 7) is 0.0892. The van der Waals surface area contributed by atoms with Gasteiger partial charge in [-0.15, -0.1) is 11.8 Å². The Kier molecular flexibility index (Phi) is 4.86. The third-order valence-corrected chi connectivity index (χ3v) is 7.01. The zero-order valence-corrected chi connectivity index (χ0v) is 16.0. The van der Waals surface area contributed by atoms with Crippen molar-refractivity contribution in [2.45, 2.75) is 49.0 Å². The Balaban J connectivity index is 1.29. The molecule has 0 saturated heterocycles. The molecule has 4 bridgehead atoms. The maximum absolute atomic E-state index is 12.4. The highest BCUT2D eigenvalue weighted by Crippen LogP contribution is 2.55. The Morgan fingerprint density at radius 1 is 1.08 bits per heavy atom. The standard InChI is InChI=1S/C20H27N3O2S/c1-26-17-5-3-2-4-16(17)21-12-18(24)22-19(25)23-20-9-13-6-14(10-20)8-15(7-13)11-20/h2-5,13-15,21H,6-12H2,1H3,(H2,22,23,24,25). The highest BCUT2D eigenvalue weighted by Gasteiger charge is 2.51. The van der Waals surface area contributed by atoms with Gasteiger partial charge in [0.2, 0.25) is 5.91 Å². The van der Waals surface area contributed by atoms with Crippen LogP contribution in [0.25, 0.3) is 0 Å². The molecule has 5 rings (SSSR count). The van der Waals surface area contributed by atoms with Crippen LogP contribution in [0.1, 0.15) is 38.5 Å². The number of anilines is 1. The molecular formula is C20H27N3O2S. The van der Waals surface area contributed by atoms with Crippen LogP contribution in [-0.2, 0) is 4.79 Å². The molecule has 0 spiro atoms. The van der Waals surface area contributed by atoms with Gasteiger partial charge in [-0.1, -0.05) is 12.1 Å². The molecule has 3 N–H and O–H groups in total. The molecule has 4 aliphatic carbocycles. The molecule has 0 radical (unpaired) electrons. The van der Waals surface area contributed by atoms with Gasteiger partial charge in [0.05, 0.1) is 6.54 Å². The predicted octanol–water partition coefficient (Wildman–Crippen LogP) is 3.62. The van der Waals surface area contributed by atoms with E-state index in [0.29, 0.717) is 0 Å². The summed E-state index contributed by atoms with van der Waals surface area (Å²) in [4.78, 5) is 25.7. The Bertz CT molecular complexity index is 671. The van der Waals surface area contributed by atoms with Crippen LogP contribution >= 0.6 is 11.8 Å². The Labute approximate surface area is 159 Å². The smallest absolute Gasteiger partial charge is 0.321 e. The molecule has 26 heavy (non-hydrogen) atoms. The van der Waals surface area contributed by atoms with Crippen molar-refractivity contribution in [2.75, 3.05) is 18.1 Å². The molecule has 0 heterocycles. The van der Waals surface area contributed by atoms with E-state index >= 15 is 0 Å². The highest BCUT2D eigenvalue weighted by atomic mass is 32.2. The summed E-state index contributed by atoms with van der Waals surface area (Å²) in [6, 6.07) is 7.51. The number of hydrogen-bond acceptors (Lipinski definition) is 4. The summed E-state index contributed by atoms with van der Waals surface area (Å²) in [7, 11) is 0. The van der Waals surface area contributed by atoms with Crippen LogP contribution in [0.3, 0.4) is 0 Å². The summed E-state index contributed by atoms with van der Waals surface area (Å²) in [5.41, 5.74) is 0.842. The zero-order valence-electron chi connectivity index (χ0n) is 15.2. The summed E-state index contributed by atoms with van der Waals surface area (Å²) in [5.74, 6) is 1.99. The van der Waals surface area contributed by atoms with E-state index in [1.807, 2.05) is 30.5 Å². The fourth-order valence-electron chi connectivity index (χ4n) is 5.67. The van der Waals surface area contributed by atoms with Gasteiger partial charge in [0.1, 0.15) is 0 Å². The first-order chi connectivity index (χ1) is 12.5. The Hall–Kier alpha value is -1.69. The molecule has 4 aliphatic rings. The van der Waals surface area contributed by atoms with Crippen molar-refractivity contribution < 1.29 is 9.59 Å².